The molecule has 0 bridgehead atoms. The third-order valence-corrected chi connectivity index (χ3v) is 6.42. The van der Waals surface area contributed by atoms with Crippen LogP contribution < -0.4 is 11.1 Å². The Bertz CT molecular complexity index is 547. The molecule has 0 saturated heterocycles. The fourth-order valence-electron chi connectivity index (χ4n) is 3.06. The van der Waals surface area contributed by atoms with Gasteiger partial charge in [0.2, 0.25) is 0 Å². The van der Waals surface area contributed by atoms with Gasteiger partial charge in [-0.1, -0.05) is 11.6 Å². The smallest absolute Gasteiger partial charge is 0.261 e. The zero-order valence-electron chi connectivity index (χ0n) is 11.7. The highest BCUT2D eigenvalue weighted by molar-refractivity contribution is 7.98. The van der Waals surface area contributed by atoms with Crippen LogP contribution in [0.1, 0.15) is 39.4 Å². The number of rotatable bonds is 3. The van der Waals surface area contributed by atoms with Crippen LogP contribution >= 0.6 is 23.1 Å². The second-order valence-electron chi connectivity index (χ2n) is 5.50. The van der Waals surface area contributed by atoms with E-state index in [-0.39, 0.29) is 23.7 Å². The van der Waals surface area contributed by atoms with E-state index >= 15 is 0 Å². The van der Waals surface area contributed by atoms with E-state index in [9.17, 15) is 4.79 Å². The Hall–Kier alpha value is -1.21. The van der Waals surface area contributed by atoms with Gasteiger partial charge in [-0.3, -0.25) is 4.79 Å². The number of nitrogens with zero attached hydrogens (tertiary/aromatic N) is 1. The molecule has 5 nitrogen and oxygen atoms in total. The largest absolute Gasteiger partial charge is 0.409 e. The Balaban J connectivity index is 1.70. The highest BCUT2D eigenvalue weighted by Gasteiger charge is 2.32. The third-order valence-electron chi connectivity index (χ3n) is 4.18. The number of hydrogen-bond donors (Lipinski definition) is 3. The molecule has 1 amide bonds. The highest BCUT2D eigenvalue weighted by atomic mass is 32.2. The van der Waals surface area contributed by atoms with Crippen LogP contribution in [-0.4, -0.2) is 28.7 Å². The first-order valence-corrected chi connectivity index (χ1v) is 9.13. The Kier molecular flexibility index (Phi) is 4.40. The molecule has 1 aromatic rings. The summed E-state index contributed by atoms with van der Waals surface area (Å²) in [7, 11) is 0. The maximum Gasteiger partial charge on any atom is 0.261 e. The number of amides is 1. The number of carbonyl (C=O) groups is 1. The molecule has 21 heavy (non-hydrogen) atoms. The quantitative estimate of drug-likeness (QED) is 0.344. The molecule has 0 aromatic carbocycles. The standard InChI is InChI=1S/C14H19N3O2S2/c15-13(17-19)9-2-1-3-10(9)16-14(18)12-6-8-7-20-5-4-11(8)21-12/h6,9-10,19H,1-5,7H2,(H2,15,17)(H,16,18). The maximum atomic E-state index is 12.4. The number of fused-ring (bicyclic) bond motifs is 1. The number of nitrogens with one attached hydrogen (secondary N) is 1. The van der Waals surface area contributed by atoms with Crippen LogP contribution in [0.2, 0.25) is 0 Å². The van der Waals surface area contributed by atoms with Crippen molar-refractivity contribution in [2.24, 2.45) is 16.8 Å². The van der Waals surface area contributed by atoms with Gasteiger partial charge in [0, 0.05) is 22.6 Å². The van der Waals surface area contributed by atoms with Crippen LogP contribution in [-0.2, 0) is 12.2 Å². The third kappa shape index (κ3) is 3.03. The van der Waals surface area contributed by atoms with Gasteiger partial charge in [0.25, 0.3) is 5.91 Å². The molecule has 4 N–H and O–H groups in total. The van der Waals surface area contributed by atoms with E-state index in [4.69, 9.17) is 10.9 Å². The molecule has 2 atom stereocenters. The van der Waals surface area contributed by atoms with Gasteiger partial charge in [-0.2, -0.15) is 11.8 Å². The normalized spacial score (nSPS) is 25.6. The second kappa shape index (κ2) is 6.27. The number of hydrogen-bond acceptors (Lipinski definition) is 5. The molecular formula is C14H19N3O2S2. The molecule has 3 rings (SSSR count). The van der Waals surface area contributed by atoms with E-state index in [0.29, 0.717) is 0 Å². The average molecular weight is 325 g/mol. The fourth-order valence-corrected chi connectivity index (χ4v) is 5.34. The molecule has 1 aliphatic heterocycles. The topological polar surface area (TPSA) is 87.7 Å². The van der Waals surface area contributed by atoms with Gasteiger partial charge in [0.15, 0.2) is 0 Å². The van der Waals surface area contributed by atoms with Crippen molar-refractivity contribution in [1.29, 1.82) is 0 Å². The first-order chi connectivity index (χ1) is 10.2. The van der Waals surface area contributed by atoms with Crippen molar-refractivity contribution in [2.45, 2.75) is 37.5 Å². The first-order valence-electron chi connectivity index (χ1n) is 7.16. The number of nitrogens with two attached hydrogens (primary N) is 1. The summed E-state index contributed by atoms with van der Waals surface area (Å²) in [6, 6.07) is 2.00. The summed E-state index contributed by atoms with van der Waals surface area (Å²) in [5.41, 5.74) is 7.02. The summed E-state index contributed by atoms with van der Waals surface area (Å²) >= 11 is 3.52. The Labute approximate surface area is 132 Å². The van der Waals surface area contributed by atoms with Crippen LogP contribution in [0.3, 0.4) is 0 Å². The molecule has 2 unspecified atom stereocenters. The Morgan fingerprint density at radius 2 is 2.33 bits per heavy atom. The molecule has 2 aliphatic rings. The fraction of sp³-hybridized carbons (Fsp3) is 0.571. The van der Waals surface area contributed by atoms with Gasteiger partial charge in [0.1, 0.15) is 5.84 Å². The van der Waals surface area contributed by atoms with E-state index in [1.54, 1.807) is 11.3 Å². The van der Waals surface area contributed by atoms with Crippen molar-refractivity contribution in [1.82, 2.24) is 5.32 Å². The molecule has 1 saturated carbocycles. The zero-order chi connectivity index (χ0) is 14.8. The predicted octanol–water partition coefficient (Wildman–Crippen LogP) is 2.18. The molecule has 114 valence electrons. The number of oxime groups is 1. The van der Waals surface area contributed by atoms with Crippen molar-refractivity contribution in [2.75, 3.05) is 5.75 Å². The minimum Gasteiger partial charge on any atom is -0.409 e. The van der Waals surface area contributed by atoms with Crippen LogP contribution in [0.15, 0.2) is 11.2 Å². The van der Waals surface area contributed by atoms with Gasteiger partial charge in [-0.05, 0) is 36.6 Å². The van der Waals surface area contributed by atoms with Gasteiger partial charge in [0.05, 0.1) is 4.88 Å². The van der Waals surface area contributed by atoms with Crippen LogP contribution in [0.25, 0.3) is 0 Å². The molecule has 1 aliphatic carbocycles. The minimum absolute atomic E-state index is 0.0259. The number of thiophene rings is 1. The zero-order valence-corrected chi connectivity index (χ0v) is 13.3. The lowest BCUT2D eigenvalue weighted by Crippen LogP contribution is -2.42. The minimum atomic E-state index is -0.0518. The summed E-state index contributed by atoms with van der Waals surface area (Å²) in [5, 5.41) is 15.0. The van der Waals surface area contributed by atoms with Crippen LogP contribution in [0, 0.1) is 5.92 Å². The summed E-state index contributed by atoms with van der Waals surface area (Å²) in [6.45, 7) is 0. The van der Waals surface area contributed by atoms with Crippen molar-refractivity contribution in [3.8, 4) is 0 Å². The van der Waals surface area contributed by atoms with E-state index in [1.807, 2.05) is 17.8 Å². The van der Waals surface area contributed by atoms with Crippen LogP contribution in [0.4, 0.5) is 0 Å². The second-order valence-corrected chi connectivity index (χ2v) is 7.75. The van der Waals surface area contributed by atoms with E-state index in [2.05, 4.69) is 10.5 Å². The van der Waals surface area contributed by atoms with E-state index < -0.39 is 0 Å². The number of aryl methyl sites for hydroxylation is 1. The van der Waals surface area contributed by atoms with Gasteiger partial charge < -0.3 is 16.3 Å². The van der Waals surface area contributed by atoms with E-state index in [0.717, 1.165) is 42.1 Å². The van der Waals surface area contributed by atoms with Gasteiger partial charge in [-0.15, -0.1) is 11.3 Å². The lowest BCUT2D eigenvalue weighted by molar-refractivity contribution is 0.0937. The monoisotopic (exact) mass is 325 g/mol. The SMILES string of the molecule is NC(=NO)C1CCCC1NC(=O)c1cc2c(s1)CCSC2. The summed E-state index contributed by atoms with van der Waals surface area (Å²) in [5.74, 6) is 2.30. The Morgan fingerprint density at radius 3 is 3.10 bits per heavy atom. The summed E-state index contributed by atoms with van der Waals surface area (Å²) in [6.07, 6.45) is 3.80. The summed E-state index contributed by atoms with van der Waals surface area (Å²) in [4.78, 5) is 14.6. The Morgan fingerprint density at radius 1 is 1.48 bits per heavy atom. The molecule has 1 aromatic heterocycles. The highest BCUT2D eigenvalue weighted by Crippen LogP contribution is 2.32. The van der Waals surface area contributed by atoms with E-state index in [1.165, 1.54) is 10.4 Å². The lowest BCUT2D eigenvalue weighted by atomic mass is 10.0. The lowest BCUT2D eigenvalue weighted by Gasteiger charge is -2.19. The molecule has 7 heteroatoms. The number of thioether (sulfide) groups is 1. The van der Waals surface area contributed by atoms with Gasteiger partial charge >= 0.3 is 0 Å². The van der Waals surface area contributed by atoms with Crippen molar-refractivity contribution >= 4 is 34.8 Å². The van der Waals surface area contributed by atoms with Crippen LogP contribution in [0.5, 0.6) is 0 Å². The molecule has 0 radical (unpaired) electrons. The average Bonchev–Trinajstić information content (AvgIpc) is 3.12. The first kappa shape index (κ1) is 14.7. The van der Waals surface area contributed by atoms with Crippen molar-refractivity contribution < 1.29 is 10.0 Å². The molecule has 2 heterocycles. The predicted molar refractivity (Wildman–Crippen MR) is 86.2 cm³/mol. The molecule has 1 fully saturated rings. The summed E-state index contributed by atoms with van der Waals surface area (Å²) < 4.78 is 0. The van der Waals surface area contributed by atoms with Gasteiger partial charge in [-0.25, -0.2) is 0 Å². The molecular weight excluding hydrogens is 306 g/mol. The maximum absolute atomic E-state index is 12.4. The van der Waals surface area contributed by atoms with Crippen molar-refractivity contribution in [3.05, 3.63) is 21.4 Å². The number of amidine groups is 1. The number of carbonyl (C=O) groups excluding carboxylic acids is 1. The molecule has 0 spiro atoms. The van der Waals surface area contributed by atoms with Crippen molar-refractivity contribution in [3.63, 3.8) is 0 Å².